The molecule has 2 aromatic rings. The average Bonchev–Trinajstić information content (AvgIpc) is 2.57. The van der Waals surface area contributed by atoms with Crippen molar-refractivity contribution in [3.8, 4) is 5.75 Å². The summed E-state index contributed by atoms with van der Waals surface area (Å²) in [6.07, 6.45) is 0.199. The summed E-state index contributed by atoms with van der Waals surface area (Å²) in [6, 6.07) is 12.0. The number of rotatable bonds is 7. The Morgan fingerprint density at radius 1 is 1.08 bits per heavy atom. The normalized spacial score (nSPS) is 11.4. The van der Waals surface area contributed by atoms with Gasteiger partial charge in [0.25, 0.3) is 0 Å². The molecule has 0 bridgehead atoms. The van der Waals surface area contributed by atoms with Crippen molar-refractivity contribution in [3.63, 3.8) is 0 Å². The van der Waals surface area contributed by atoms with E-state index in [1.54, 1.807) is 12.1 Å². The van der Waals surface area contributed by atoms with E-state index >= 15 is 0 Å². The predicted molar refractivity (Wildman–Crippen MR) is 102 cm³/mol. The van der Waals surface area contributed by atoms with Gasteiger partial charge >= 0.3 is 0 Å². The summed E-state index contributed by atoms with van der Waals surface area (Å²) in [4.78, 5) is 12.2. The molecule has 26 heavy (non-hydrogen) atoms. The molecule has 0 aliphatic heterocycles. The Labute approximate surface area is 154 Å². The van der Waals surface area contributed by atoms with Crippen molar-refractivity contribution in [2.45, 2.75) is 25.2 Å². The standard InChI is InChI=1S/C19H24N2O4S/c1-14-5-10-18(15(2)13-14)25-12-11-19(22)20-16-6-8-17(9-7-16)26(23,24)21(3)4/h5-10,13H,11-12H2,1-4H3,(H,20,22). The van der Waals surface area contributed by atoms with Gasteiger partial charge in [-0.2, -0.15) is 0 Å². The first kappa shape index (κ1) is 19.9. The highest BCUT2D eigenvalue weighted by molar-refractivity contribution is 7.89. The molecule has 7 heteroatoms. The zero-order valence-electron chi connectivity index (χ0n) is 15.4. The molecule has 0 aliphatic carbocycles. The third-order valence-electron chi connectivity index (χ3n) is 3.83. The lowest BCUT2D eigenvalue weighted by Crippen LogP contribution is -2.22. The second-order valence-electron chi connectivity index (χ2n) is 6.23. The number of hydrogen-bond acceptors (Lipinski definition) is 4. The van der Waals surface area contributed by atoms with Crippen LogP contribution in [0.4, 0.5) is 5.69 Å². The molecule has 1 amide bonds. The molecule has 0 spiro atoms. The molecule has 2 rings (SSSR count). The van der Waals surface area contributed by atoms with Gasteiger partial charge in [-0.25, -0.2) is 12.7 Å². The smallest absolute Gasteiger partial charge is 0.242 e. The summed E-state index contributed by atoms with van der Waals surface area (Å²) < 4.78 is 30.8. The first-order chi connectivity index (χ1) is 12.2. The second kappa shape index (κ2) is 8.33. The molecule has 0 heterocycles. The van der Waals surface area contributed by atoms with Gasteiger partial charge < -0.3 is 10.1 Å². The first-order valence-electron chi connectivity index (χ1n) is 8.22. The van der Waals surface area contributed by atoms with Crippen molar-refractivity contribution in [2.24, 2.45) is 0 Å². The minimum Gasteiger partial charge on any atom is -0.493 e. The van der Waals surface area contributed by atoms with Crippen molar-refractivity contribution in [1.29, 1.82) is 0 Å². The number of sulfonamides is 1. The van der Waals surface area contributed by atoms with Crippen LogP contribution in [0.25, 0.3) is 0 Å². The lowest BCUT2D eigenvalue weighted by atomic mass is 10.1. The SMILES string of the molecule is Cc1ccc(OCCC(=O)Nc2ccc(S(=O)(=O)N(C)C)cc2)c(C)c1. The molecule has 0 radical (unpaired) electrons. The van der Waals surface area contributed by atoms with Gasteiger partial charge in [-0.3, -0.25) is 4.79 Å². The molecule has 2 aromatic carbocycles. The largest absolute Gasteiger partial charge is 0.493 e. The molecule has 0 aromatic heterocycles. The Morgan fingerprint density at radius 2 is 1.73 bits per heavy atom. The van der Waals surface area contributed by atoms with Crippen LogP contribution in [0, 0.1) is 13.8 Å². The number of carbonyl (C=O) groups excluding carboxylic acids is 1. The van der Waals surface area contributed by atoms with Crippen molar-refractivity contribution in [1.82, 2.24) is 4.31 Å². The molecular weight excluding hydrogens is 352 g/mol. The number of benzene rings is 2. The van der Waals surface area contributed by atoms with Crippen molar-refractivity contribution in [3.05, 3.63) is 53.6 Å². The van der Waals surface area contributed by atoms with Gasteiger partial charge in [-0.05, 0) is 49.7 Å². The Bertz CT molecular complexity index is 875. The summed E-state index contributed by atoms with van der Waals surface area (Å²) in [7, 11) is -0.528. The van der Waals surface area contributed by atoms with E-state index in [1.165, 1.54) is 26.2 Å². The van der Waals surface area contributed by atoms with E-state index in [2.05, 4.69) is 5.32 Å². The van der Waals surface area contributed by atoms with Gasteiger partial charge in [0.2, 0.25) is 15.9 Å². The summed E-state index contributed by atoms with van der Waals surface area (Å²) in [5.74, 6) is 0.569. The number of carbonyl (C=O) groups is 1. The highest BCUT2D eigenvalue weighted by atomic mass is 32.2. The summed E-state index contributed by atoms with van der Waals surface area (Å²) in [5.41, 5.74) is 2.73. The highest BCUT2D eigenvalue weighted by Crippen LogP contribution is 2.19. The molecule has 1 N–H and O–H groups in total. The van der Waals surface area contributed by atoms with Crippen LogP contribution in [0.1, 0.15) is 17.5 Å². The Balaban J connectivity index is 1.88. The lowest BCUT2D eigenvalue weighted by Gasteiger charge is -2.12. The van der Waals surface area contributed by atoms with E-state index in [0.717, 1.165) is 21.2 Å². The minimum absolute atomic E-state index is 0.179. The maximum absolute atomic E-state index is 12.0. The fraction of sp³-hybridized carbons (Fsp3) is 0.316. The Morgan fingerprint density at radius 3 is 2.31 bits per heavy atom. The maximum atomic E-state index is 12.0. The van der Waals surface area contributed by atoms with Gasteiger partial charge in [0, 0.05) is 19.8 Å². The summed E-state index contributed by atoms with van der Waals surface area (Å²) in [5, 5.41) is 2.73. The van der Waals surface area contributed by atoms with Crippen LogP contribution in [0.15, 0.2) is 47.4 Å². The highest BCUT2D eigenvalue weighted by Gasteiger charge is 2.16. The minimum atomic E-state index is -3.47. The van der Waals surface area contributed by atoms with Crippen LogP contribution >= 0.6 is 0 Å². The predicted octanol–water partition coefficient (Wildman–Crippen LogP) is 2.96. The summed E-state index contributed by atoms with van der Waals surface area (Å²) >= 11 is 0. The van der Waals surface area contributed by atoms with Crippen LogP contribution in [0.3, 0.4) is 0 Å². The van der Waals surface area contributed by atoms with Crippen LogP contribution in [0.5, 0.6) is 5.75 Å². The number of amides is 1. The van der Waals surface area contributed by atoms with Crippen LogP contribution in [-0.4, -0.2) is 39.3 Å². The fourth-order valence-corrected chi connectivity index (χ4v) is 3.26. The fourth-order valence-electron chi connectivity index (χ4n) is 2.36. The number of nitrogens with one attached hydrogen (secondary N) is 1. The van der Waals surface area contributed by atoms with Gasteiger partial charge in [0.05, 0.1) is 17.9 Å². The van der Waals surface area contributed by atoms with E-state index in [9.17, 15) is 13.2 Å². The van der Waals surface area contributed by atoms with E-state index in [1.807, 2.05) is 32.0 Å². The number of aryl methyl sites for hydroxylation is 2. The molecule has 140 valence electrons. The Hall–Kier alpha value is -2.38. The monoisotopic (exact) mass is 376 g/mol. The molecule has 6 nitrogen and oxygen atoms in total. The molecule has 0 aliphatic rings. The average molecular weight is 376 g/mol. The van der Waals surface area contributed by atoms with Crippen molar-refractivity contribution >= 4 is 21.6 Å². The van der Waals surface area contributed by atoms with Crippen LogP contribution in [-0.2, 0) is 14.8 Å². The number of hydrogen-bond donors (Lipinski definition) is 1. The second-order valence-corrected chi connectivity index (χ2v) is 8.38. The van der Waals surface area contributed by atoms with Crippen LogP contribution < -0.4 is 10.1 Å². The first-order valence-corrected chi connectivity index (χ1v) is 9.66. The van der Waals surface area contributed by atoms with Crippen molar-refractivity contribution < 1.29 is 17.9 Å². The molecule has 0 saturated carbocycles. The third kappa shape index (κ3) is 5.06. The molecular formula is C19H24N2O4S. The van der Waals surface area contributed by atoms with Gasteiger partial charge in [-0.1, -0.05) is 17.7 Å². The van der Waals surface area contributed by atoms with E-state index in [4.69, 9.17) is 4.74 Å². The van der Waals surface area contributed by atoms with Crippen molar-refractivity contribution in [2.75, 3.05) is 26.0 Å². The molecule has 0 fully saturated rings. The quantitative estimate of drug-likeness (QED) is 0.806. The zero-order chi connectivity index (χ0) is 19.3. The molecule has 0 unspecified atom stereocenters. The molecule has 0 atom stereocenters. The van der Waals surface area contributed by atoms with E-state index in [-0.39, 0.29) is 23.8 Å². The maximum Gasteiger partial charge on any atom is 0.242 e. The van der Waals surface area contributed by atoms with E-state index in [0.29, 0.717) is 5.69 Å². The Kier molecular flexibility index (Phi) is 6.39. The van der Waals surface area contributed by atoms with Gasteiger partial charge in [0.1, 0.15) is 5.75 Å². The number of nitrogens with zero attached hydrogens (tertiary/aromatic N) is 1. The van der Waals surface area contributed by atoms with Gasteiger partial charge in [-0.15, -0.1) is 0 Å². The number of ether oxygens (including phenoxy) is 1. The van der Waals surface area contributed by atoms with E-state index < -0.39 is 10.0 Å². The number of anilines is 1. The topological polar surface area (TPSA) is 75.7 Å². The lowest BCUT2D eigenvalue weighted by molar-refractivity contribution is -0.116. The summed E-state index contributed by atoms with van der Waals surface area (Å²) in [6.45, 7) is 4.24. The van der Waals surface area contributed by atoms with Crippen LogP contribution in [0.2, 0.25) is 0 Å². The zero-order valence-corrected chi connectivity index (χ0v) is 16.3. The van der Waals surface area contributed by atoms with Gasteiger partial charge in [0.15, 0.2) is 0 Å². The molecule has 0 saturated heterocycles. The third-order valence-corrected chi connectivity index (χ3v) is 5.66.